The molecular weight excluding hydrogens is 290 g/mol. The molecule has 1 N–H and O–H groups in total. The Bertz CT molecular complexity index is 582. The zero-order valence-electron chi connectivity index (χ0n) is 13.9. The number of carboxylic acid groups (broad SMARTS) is 1. The van der Waals surface area contributed by atoms with Gasteiger partial charge in [0.05, 0.1) is 6.42 Å². The van der Waals surface area contributed by atoms with Crippen molar-refractivity contribution < 1.29 is 14.7 Å². The highest BCUT2D eigenvalue weighted by Gasteiger charge is 2.26. The molecule has 0 aliphatic heterocycles. The molecule has 0 spiro atoms. The van der Waals surface area contributed by atoms with Crippen LogP contribution in [0.3, 0.4) is 0 Å². The van der Waals surface area contributed by atoms with Gasteiger partial charge in [0.1, 0.15) is 0 Å². The fourth-order valence-corrected chi connectivity index (χ4v) is 2.66. The quantitative estimate of drug-likeness (QED) is 0.532. The summed E-state index contributed by atoms with van der Waals surface area (Å²) in [6.07, 6.45) is 3.29. The summed E-state index contributed by atoms with van der Waals surface area (Å²) >= 11 is 0. The van der Waals surface area contributed by atoms with E-state index in [4.69, 9.17) is 5.11 Å². The minimum absolute atomic E-state index is 0.122. The summed E-state index contributed by atoms with van der Waals surface area (Å²) in [4.78, 5) is 26.0. The van der Waals surface area contributed by atoms with Crippen LogP contribution in [0.15, 0.2) is 43.5 Å². The molecule has 4 nitrogen and oxygen atoms in total. The van der Waals surface area contributed by atoms with Crippen molar-refractivity contribution in [3.63, 3.8) is 0 Å². The summed E-state index contributed by atoms with van der Waals surface area (Å²) in [5, 5.41) is 9.15. The van der Waals surface area contributed by atoms with Gasteiger partial charge in [0.2, 0.25) is 0 Å². The maximum atomic E-state index is 12.8. The smallest absolute Gasteiger partial charge is 0.304 e. The second kappa shape index (κ2) is 9.06. The predicted octanol–water partition coefficient (Wildman–Crippen LogP) is 3.25. The third-order valence-electron chi connectivity index (χ3n) is 3.69. The van der Waals surface area contributed by atoms with Crippen molar-refractivity contribution in [2.45, 2.75) is 20.3 Å². The first-order valence-corrected chi connectivity index (χ1v) is 7.66. The summed E-state index contributed by atoms with van der Waals surface area (Å²) in [5.74, 6) is -1.68. The molecule has 1 aromatic rings. The highest BCUT2D eigenvalue weighted by molar-refractivity contribution is 6.00. The number of carbonyl (C=O) groups is 2. The molecule has 0 saturated heterocycles. The van der Waals surface area contributed by atoms with E-state index in [9.17, 15) is 9.59 Å². The molecule has 0 heterocycles. The van der Waals surface area contributed by atoms with Crippen LogP contribution in [-0.4, -0.2) is 41.4 Å². The van der Waals surface area contributed by atoms with Gasteiger partial charge in [-0.25, -0.2) is 0 Å². The average Bonchev–Trinajstić information content (AvgIpc) is 2.46. The van der Waals surface area contributed by atoms with Gasteiger partial charge in [0.25, 0.3) is 0 Å². The van der Waals surface area contributed by atoms with Crippen molar-refractivity contribution in [2.75, 3.05) is 19.6 Å². The molecule has 0 aliphatic rings. The summed E-state index contributed by atoms with van der Waals surface area (Å²) < 4.78 is 0. The van der Waals surface area contributed by atoms with Crippen LogP contribution in [0.1, 0.15) is 27.9 Å². The normalized spacial score (nSPS) is 12.0. The fourth-order valence-electron chi connectivity index (χ4n) is 2.66. The molecule has 0 fully saturated rings. The third kappa shape index (κ3) is 5.83. The molecule has 0 radical (unpaired) electrons. The number of aryl methyl sites for hydroxylation is 2. The van der Waals surface area contributed by atoms with Gasteiger partial charge in [-0.3, -0.25) is 14.5 Å². The molecule has 23 heavy (non-hydrogen) atoms. The summed E-state index contributed by atoms with van der Waals surface area (Å²) in [6, 6.07) is 5.60. The largest absolute Gasteiger partial charge is 0.481 e. The van der Waals surface area contributed by atoms with Crippen molar-refractivity contribution in [2.24, 2.45) is 5.92 Å². The van der Waals surface area contributed by atoms with E-state index in [0.29, 0.717) is 25.2 Å². The SMILES string of the molecule is C=CCN(CC=C)CC(CC(=O)O)C(=O)c1ccc(C)cc1C. The standard InChI is InChI=1S/C19H25NO3/c1-5-9-20(10-6-2)13-16(12-18(21)22)19(23)17-8-7-14(3)11-15(17)4/h5-8,11,16H,1-2,9-10,12-13H2,3-4H3,(H,21,22). The summed E-state index contributed by atoms with van der Waals surface area (Å²) in [5.41, 5.74) is 2.55. The number of hydrogen-bond acceptors (Lipinski definition) is 3. The van der Waals surface area contributed by atoms with E-state index in [2.05, 4.69) is 13.2 Å². The van der Waals surface area contributed by atoms with Crippen molar-refractivity contribution in [1.82, 2.24) is 4.90 Å². The van der Waals surface area contributed by atoms with E-state index in [-0.39, 0.29) is 12.2 Å². The molecule has 124 valence electrons. The van der Waals surface area contributed by atoms with E-state index >= 15 is 0 Å². The number of carbonyl (C=O) groups excluding carboxylic acids is 1. The topological polar surface area (TPSA) is 57.6 Å². The number of hydrogen-bond donors (Lipinski definition) is 1. The lowest BCUT2D eigenvalue weighted by molar-refractivity contribution is -0.137. The second-order valence-electron chi connectivity index (χ2n) is 5.77. The Kier molecular flexibility index (Phi) is 7.42. The van der Waals surface area contributed by atoms with Crippen molar-refractivity contribution >= 4 is 11.8 Å². The minimum atomic E-state index is -0.967. The molecule has 1 aromatic carbocycles. The first-order valence-electron chi connectivity index (χ1n) is 7.66. The Morgan fingerprint density at radius 2 is 1.83 bits per heavy atom. The van der Waals surface area contributed by atoms with Gasteiger partial charge in [-0.15, -0.1) is 13.2 Å². The third-order valence-corrected chi connectivity index (χ3v) is 3.69. The molecule has 0 bridgehead atoms. The molecular formula is C19H25NO3. The number of rotatable bonds is 10. The number of benzene rings is 1. The van der Waals surface area contributed by atoms with Crippen LogP contribution in [0.2, 0.25) is 0 Å². The van der Waals surface area contributed by atoms with Crippen molar-refractivity contribution in [1.29, 1.82) is 0 Å². The monoisotopic (exact) mass is 315 g/mol. The molecule has 0 amide bonds. The molecule has 4 heteroatoms. The minimum Gasteiger partial charge on any atom is -0.481 e. The van der Waals surface area contributed by atoms with Crippen LogP contribution in [0, 0.1) is 19.8 Å². The number of Topliss-reactive ketones (excluding diaryl/α,β-unsaturated/α-hetero) is 1. The molecule has 0 aromatic heterocycles. The van der Waals surface area contributed by atoms with E-state index in [1.165, 1.54) is 0 Å². The highest BCUT2D eigenvalue weighted by Crippen LogP contribution is 2.19. The van der Waals surface area contributed by atoms with E-state index in [1.54, 1.807) is 18.2 Å². The maximum absolute atomic E-state index is 12.8. The Morgan fingerprint density at radius 3 is 2.30 bits per heavy atom. The van der Waals surface area contributed by atoms with Crippen molar-refractivity contribution in [3.8, 4) is 0 Å². The van der Waals surface area contributed by atoms with Gasteiger partial charge in [0.15, 0.2) is 5.78 Å². The van der Waals surface area contributed by atoms with E-state index in [1.807, 2.05) is 30.9 Å². The first-order chi connectivity index (χ1) is 10.9. The Labute approximate surface area is 138 Å². The Morgan fingerprint density at radius 1 is 1.22 bits per heavy atom. The summed E-state index contributed by atoms with van der Waals surface area (Å²) in [7, 11) is 0. The van der Waals surface area contributed by atoms with E-state index in [0.717, 1.165) is 11.1 Å². The van der Waals surface area contributed by atoms with Crippen LogP contribution in [0.5, 0.6) is 0 Å². The predicted molar refractivity (Wildman–Crippen MR) is 92.8 cm³/mol. The maximum Gasteiger partial charge on any atom is 0.304 e. The van der Waals surface area contributed by atoms with Gasteiger partial charge >= 0.3 is 5.97 Å². The molecule has 0 saturated carbocycles. The van der Waals surface area contributed by atoms with Gasteiger partial charge in [0, 0.05) is 31.1 Å². The molecule has 1 rings (SSSR count). The van der Waals surface area contributed by atoms with Crippen LogP contribution in [0.4, 0.5) is 0 Å². The van der Waals surface area contributed by atoms with Crippen molar-refractivity contribution in [3.05, 3.63) is 60.2 Å². The van der Waals surface area contributed by atoms with Gasteiger partial charge in [-0.05, 0) is 19.4 Å². The van der Waals surface area contributed by atoms with Crippen LogP contribution in [0.25, 0.3) is 0 Å². The summed E-state index contributed by atoms with van der Waals surface area (Å²) in [6.45, 7) is 12.8. The number of carboxylic acids is 1. The lowest BCUT2D eigenvalue weighted by Gasteiger charge is -2.24. The number of ketones is 1. The number of nitrogens with zero attached hydrogens (tertiary/aromatic N) is 1. The van der Waals surface area contributed by atoms with Crippen LogP contribution in [-0.2, 0) is 4.79 Å². The fraction of sp³-hybridized carbons (Fsp3) is 0.368. The lowest BCUT2D eigenvalue weighted by atomic mass is 9.91. The Hall–Kier alpha value is -2.20. The highest BCUT2D eigenvalue weighted by atomic mass is 16.4. The molecule has 1 unspecified atom stereocenters. The average molecular weight is 315 g/mol. The zero-order chi connectivity index (χ0) is 17.4. The lowest BCUT2D eigenvalue weighted by Crippen LogP contribution is -2.35. The molecule has 1 atom stereocenters. The van der Waals surface area contributed by atoms with Gasteiger partial charge in [-0.2, -0.15) is 0 Å². The first kappa shape index (κ1) is 18.8. The van der Waals surface area contributed by atoms with Crippen LogP contribution >= 0.6 is 0 Å². The van der Waals surface area contributed by atoms with Gasteiger partial charge in [-0.1, -0.05) is 35.9 Å². The Balaban J connectivity index is 3.03. The van der Waals surface area contributed by atoms with Gasteiger partial charge < -0.3 is 5.11 Å². The molecule has 0 aliphatic carbocycles. The van der Waals surface area contributed by atoms with E-state index < -0.39 is 11.9 Å². The zero-order valence-corrected chi connectivity index (χ0v) is 13.9. The van der Waals surface area contributed by atoms with Crippen LogP contribution < -0.4 is 0 Å². The second-order valence-corrected chi connectivity index (χ2v) is 5.77. The number of aliphatic carboxylic acids is 1.